The number of anilines is 2. The summed E-state index contributed by atoms with van der Waals surface area (Å²) in [5.74, 6) is -7.04. The highest BCUT2D eigenvalue weighted by molar-refractivity contribution is 6.25. The van der Waals surface area contributed by atoms with Crippen LogP contribution in [0, 0.1) is 5.82 Å². The van der Waals surface area contributed by atoms with E-state index in [2.05, 4.69) is 36.4 Å². The van der Waals surface area contributed by atoms with Gasteiger partial charge in [-0.2, -0.15) is 0 Å². The number of halogens is 2. The number of amides is 14. The molecule has 5 N–H and O–H groups in total. The van der Waals surface area contributed by atoms with Gasteiger partial charge in [-0.3, -0.25) is 88.2 Å². The third-order valence-electron chi connectivity index (χ3n) is 18.5. The minimum Gasteiger partial charge on any atom is -0.444 e. The Hall–Kier alpha value is -9.22. The van der Waals surface area contributed by atoms with Crippen LogP contribution in [-0.4, -0.2) is 212 Å². The predicted molar refractivity (Wildman–Crippen MR) is 330 cm³/mol. The van der Waals surface area contributed by atoms with Crippen LogP contribution in [0.4, 0.5) is 25.4 Å². The maximum Gasteiger partial charge on any atom is 0.410 e. The van der Waals surface area contributed by atoms with Crippen molar-refractivity contribution in [2.24, 2.45) is 0 Å². The summed E-state index contributed by atoms with van der Waals surface area (Å²) in [5, 5.41) is 13.3. The summed E-state index contributed by atoms with van der Waals surface area (Å²) < 4.78 is 24.0. The SMILES string of the molecule is CC(C)(C)OC(=O)N1C[C@H]2C[C@@H]1CN2.CC(C)(C)OC(=O)N1C[C@H]2C[C@@H]1CN2c1ccc2c(c1)C(=O)N(C1CCC(=O)NC1=O)C2=O.Cl.O=C1CCC(N2C(=O)c3ccc(F)cc3C2=O)C(=O)N1.O=C1CCC(N2C(=O)c3ccc(N4C[C@H]5C[C@@H]4CN5)cc3C2=O)C(=O)N1. The predicted octanol–water partition coefficient (Wildman–Crippen LogP) is 2.54. The Morgan fingerprint density at radius 2 is 0.809 bits per heavy atom. The van der Waals surface area contributed by atoms with Crippen molar-refractivity contribution in [2.75, 3.05) is 49.1 Å². The molecule has 6 bridgehead atoms. The second kappa shape index (κ2) is 25.3. The average Bonchev–Trinajstić information content (AvgIpc) is 1.61. The van der Waals surface area contributed by atoms with Crippen LogP contribution in [0.1, 0.15) is 161 Å². The van der Waals surface area contributed by atoms with Crippen LogP contribution in [0.3, 0.4) is 0 Å². The van der Waals surface area contributed by atoms with Crippen molar-refractivity contribution in [2.45, 2.75) is 165 Å². The Morgan fingerprint density at radius 1 is 0.436 bits per heavy atom. The molecule has 0 aliphatic carbocycles. The number of ether oxygens (including phenoxy) is 2. The summed E-state index contributed by atoms with van der Waals surface area (Å²) in [6.45, 7) is 15.9. The maximum atomic E-state index is 13.2. The molecule has 9 fully saturated rings. The second-order valence-corrected chi connectivity index (χ2v) is 27.1. The fourth-order valence-corrected chi connectivity index (χ4v) is 14.2. The number of hydrogen-bond donors (Lipinski definition) is 5. The number of hydrogen-bond acceptors (Lipinski definition) is 20. The molecular formula is C64H72ClFN12O16. The first-order valence-corrected chi connectivity index (χ1v) is 31.2. The molecule has 3 aromatic carbocycles. The normalized spacial score (nSPS) is 27.1. The highest BCUT2D eigenvalue weighted by Gasteiger charge is 2.51. The molecule has 12 aliphatic heterocycles. The molecule has 0 saturated carbocycles. The van der Waals surface area contributed by atoms with Crippen LogP contribution in [0.15, 0.2) is 54.6 Å². The van der Waals surface area contributed by atoms with E-state index in [9.17, 15) is 71.5 Å². The lowest BCUT2D eigenvalue weighted by Gasteiger charge is -2.36. The third kappa shape index (κ3) is 12.7. The number of nitrogens with zero attached hydrogens (tertiary/aromatic N) is 7. The van der Waals surface area contributed by atoms with E-state index in [0.717, 1.165) is 83.6 Å². The molecule has 9 atom stereocenters. The summed E-state index contributed by atoms with van der Waals surface area (Å²) in [5.41, 5.74) is 1.99. The van der Waals surface area contributed by atoms with Gasteiger partial charge in [-0.05, 0) is 135 Å². The molecule has 0 radical (unpaired) electrons. The van der Waals surface area contributed by atoms with E-state index in [-0.39, 0.29) is 109 Å². The van der Waals surface area contributed by atoms with Gasteiger partial charge in [0.1, 0.15) is 35.1 Å². The molecule has 3 aromatic rings. The first kappa shape index (κ1) is 66.2. The van der Waals surface area contributed by atoms with E-state index in [1.54, 1.807) is 35.2 Å². The minimum atomic E-state index is -1.02. The molecule has 9 saturated heterocycles. The van der Waals surface area contributed by atoms with Crippen LogP contribution < -0.4 is 36.4 Å². The van der Waals surface area contributed by atoms with E-state index >= 15 is 0 Å². The number of likely N-dealkylation sites (tertiary alicyclic amines) is 2. The van der Waals surface area contributed by atoms with Crippen molar-refractivity contribution in [3.05, 3.63) is 93.8 Å². The van der Waals surface area contributed by atoms with Crippen LogP contribution in [-0.2, 0) is 38.2 Å². The number of fused-ring (bicyclic) bond motifs is 9. The molecule has 0 aromatic heterocycles. The van der Waals surface area contributed by atoms with Crippen LogP contribution in [0.2, 0.25) is 0 Å². The van der Waals surface area contributed by atoms with Crippen molar-refractivity contribution in [1.82, 2.24) is 51.1 Å². The molecule has 30 heteroatoms. The number of nitrogens with one attached hydrogen (secondary N) is 5. The Balaban J connectivity index is 0.000000133. The highest BCUT2D eigenvalue weighted by atomic mass is 35.5. The van der Waals surface area contributed by atoms with E-state index in [1.165, 1.54) is 6.07 Å². The molecule has 3 unspecified atom stereocenters. The third-order valence-corrected chi connectivity index (χ3v) is 18.5. The van der Waals surface area contributed by atoms with E-state index in [4.69, 9.17) is 9.47 Å². The van der Waals surface area contributed by atoms with Gasteiger partial charge in [0.2, 0.25) is 35.4 Å². The quantitative estimate of drug-likeness (QED) is 0.229. The summed E-state index contributed by atoms with van der Waals surface area (Å²) in [4.78, 5) is 181. The van der Waals surface area contributed by atoms with Crippen LogP contribution >= 0.6 is 12.4 Å². The summed E-state index contributed by atoms with van der Waals surface area (Å²) in [6.07, 6.45) is 3.15. The Labute approximate surface area is 544 Å². The van der Waals surface area contributed by atoms with Crippen molar-refractivity contribution < 1.29 is 81.0 Å². The number of carbonyl (C=O) groups is 14. The minimum absolute atomic E-state index is 0. The van der Waals surface area contributed by atoms with Crippen molar-refractivity contribution in [3.8, 4) is 0 Å². The first-order valence-electron chi connectivity index (χ1n) is 31.2. The largest absolute Gasteiger partial charge is 0.444 e. The first-order chi connectivity index (χ1) is 44.0. The lowest BCUT2D eigenvalue weighted by Crippen LogP contribution is -2.54. The Morgan fingerprint density at radius 3 is 1.16 bits per heavy atom. The lowest BCUT2D eigenvalue weighted by atomic mass is 10.0. The van der Waals surface area contributed by atoms with Crippen LogP contribution in [0.5, 0.6) is 0 Å². The van der Waals surface area contributed by atoms with Crippen molar-refractivity contribution in [3.63, 3.8) is 0 Å². The van der Waals surface area contributed by atoms with Crippen LogP contribution in [0.25, 0.3) is 0 Å². The van der Waals surface area contributed by atoms with E-state index < -0.39 is 94.5 Å². The number of rotatable bonds is 5. The zero-order chi connectivity index (χ0) is 66.4. The zero-order valence-electron chi connectivity index (χ0n) is 52.4. The molecule has 28 nitrogen and oxygen atoms in total. The second-order valence-electron chi connectivity index (χ2n) is 27.1. The van der Waals surface area contributed by atoms with Gasteiger partial charge >= 0.3 is 12.2 Å². The van der Waals surface area contributed by atoms with Gasteiger partial charge in [-0.1, -0.05) is 0 Å². The van der Waals surface area contributed by atoms with Crippen molar-refractivity contribution in [1.29, 1.82) is 0 Å². The molecule has 0 spiro atoms. The molecule has 15 rings (SSSR count). The number of carbonyl (C=O) groups excluding carboxylic acids is 14. The smallest absolute Gasteiger partial charge is 0.410 e. The van der Waals surface area contributed by atoms with Gasteiger partial charge in [-0.25, -0.2) is 14.0 Å². The standard InChI is InChI=1S/C23H26N4O6.C18H18N4O4.C13H9FN2O4.C10H18N2O2.ClH/c1-23(2,3)33-22(32)26-11-13-8-14(26)10-25(13)12-4-5-15-16(9-12)21(31)27(20(15)30)17-6-7-18(28)24-19(17)29;23-15-4-3-14(16(24)20-15)22-17(25)12-2-1-10(6-13(12)18(22)26)21-8-9-5-11(21)7-19-9;14-6-1-2-7-8(5-6)13(20)16(12(7)19)9-3-4-10(17)15-11(9)18;1-10(2,3)14-9(13)12-6-7-4-8(12)5-11-7;/h4-5,9,13-14,17H,6-8,10-11H2,1-3H3,(H,24,28,29);1-2,6,9,11,14,19H,3-5,7-8H2,(H,20,23,24);1-2,5,9H,3-4H2,(H,15,17,18);7-8,11H,4-6H2,1-3H3;1H/t13-,14-,17?;9-,11-,14?;;7-,8-;/m11.1./s1. The van der Waals surface area contributed by atoms with E-state index in [1.807, 2.05) is 52.5 Å². The van der Waals surface area contributed by atoms with Gasteiger partial charge in [0.05, 0.1) is 39.4 Å². The highest BCUT2D eigenvalue weighted by Crippen LogP contribution is 2.40. The zero-order valence-corrected chi connectivity index (χ0v) is 53.3. The summed E-state index contributed by atoms with van der Waals surface area (Å²) in [7, 11) is 0. The maximum absolute atomic E-state index is 13.2. The van der Waals surface area contributed by atoms with Gasteiger partial charge in [0.25, 0.3) is 35.4 Å². The molecular weight excluding hydrogens is 1250 g/mol. The molecule has 14 amide bonds. The Kier molecular flexibility index (Phi) is 17.8. The van der Waals surface area contributed by atoms with E-state index in [0.29, 0.717) is 48.4 Å². The van der Waals surface area contributed by atoms with Gasteiger partial charge in [0, 0.05) is 100 Å². The molecule has 12 aliphatic rings. The topological polar surface area (TPSA) is 340 Å². The average molecular weight is 1320 g/mol. The van der Waals surface area contributed by atoms with Crippen molar-refractivity contribution >= 4 is 107 Å². The number of piperazine rings is 3. The lowest BCUT2D eigenvalue weighted by molar-refractivity contribution is -0.137. The monoisotopic (exact) mass is 1320 g/mol. The Bertz CT molecular complexity index is 3800. The fraction of sp³-hybridized carbons (Fsp3) is 0.500. The summed E-state index contributed by atoms with van der Waals surface area (Å²) in [6, 6.07) is 12.6. The number of benzene rings is 3. The molecule has 498 valence electrons. The molecule has 12 heterocycles. The van der Waals surface area contributed by atoms with Gasteiger partial charge in [-0.15, -0.1) is 12.4 Å². The number of piperidine rings is 3. The summed E-state index contributed by atoms with van der Waals surface area (Å²) >= 11 is 0. The van der Waals surface area contributed by atoms with Gasteiger partial charge in [0.15, 0.2) is 0 Å². The fourth-order valence-electron chi connectivity index (χ4n) is 14.2. The number of imide groups is 6. The van der Waals surface area contributed by atoms with Gasteiger partial charge < -0.3 is 39.7 Å². The molecule has 94 heavy (non-hydrogen) atoms.